The molecular weight excluding hydrogens is 378 g/mol. The molecule has 0 atom stereocenters. The van der Waals surface area contributed by atoms with Crippen LogP contribution in [0, 0.1) is 20.8 Å². The van der Waals surface area contributed by atoms with E-state index in [9.17, 15) is 4.79 Å². The Morgan fingerprint density at radius 3 is 2.17 bits per heavy atom. The highest BCUT2D eigenvalue weighted by Crippen LogP contribution is 2.33. The summed E-state index contributed by atoms with van der Waals surface area (Å²) in [7, 11) is 4.95. The number of benzene rings is 2. The van der Waals surface area contributed by atoms with Crippen molar-refractivity contribution in [2.24, 2.45) is 12.0 Å². The van der Waals surface area contributed by atoms with Crippen LogP contribution in [0.2, 0.25) is 0 Å². The quantitative estimate of drug-likeness (QED) is 0.487. The predicted octanol–water partition coefficient (Wildman–Crippen LogP) is 3.97. The summed E-state index contributed by atoms with van der Waals surface area (Å²) in [5.41, 5.74) is 5.44. The molecular formula is C24H25N3O3. The minimum absolute atomic E-state index is 0.162. The van der Waals surface area contributed by atoms with Gasteiger partial charge in [0.2, 0.25) is 0 Å². The summed E-state index contributed by atoms with van der Waals surface area (Å²) in [5, 5.41) is 1.84. The summed E-state index contributed by atoms with van der Waals surface area (Å²) in [6.07, 6.45) is 1.78. The highest BCUT2D eigenvalue weighted by atomic mass is 16.5. The number of aromatic nitrogens is 2. The van der Waals surface area contributed by atoms with Crippen LogP contribution >= 0.6 is 0 Å². The van der Waals surface area contributed by atoms with Crippen LogP contribution in [0.15, 0.2) is 52.4 Å². The van der Waals surface area contributed by atoms with Gasteiger partial charge in [-0.3, -0.25) is 8.97 Å². The lowest BCUT2D eigenvalue weighted by Gasteiger charge is -2.13. The number of rotatable bonds is 3. The first-order valence-corrected chi connectivity index (χ1v) is 9.73. The van der Waals surface area contributed by atoms with Crippen LogP contribution in [-0.2, 0) is 7.05 Å². The van der Waals surface area contributed by atoms with Gasteiger partial charge in [0.15, 0.2) is 11.5 Å². The lowest BCUT2D eigenvalue weighted by molar-refractivity contribution is 0.356. The third-order valence-electron chi connectivity index (χ3n) is 5.46. The second-order valence-electron chi connectivity index (χ2n) is 7.57. The van der Waals surface area contributed by atoms with Gasteiger partial charge in [0.1, 0.15) is 5.49 Å². The van der Waals surface area contributed by atoms with Gasteiger partial charge in [-0.2, -0.15) is 0 Å². The van der Waals surface area contributed by atoms with E-state index < -0.39 is 0 Å². The van der Waals surface area contributed by atoms with Crippen LogP contribution in [0.4, 0.5) is 5.69 Å². The van der Waals surface area contributed by atoms with E-state index in [1.54, 1.807) is 36.4 Å². The second kappa shape index (κ2) is 7.37. The maximum atomic E-state index is 13.1. The van der Waals surface area contributed by atoms with Crippen molar-refractivity contribution in [3.05, 3.63) is 75.3 Å². The van der Waals surface area contributed by atoms with Gasteiger partial charge in [0.05, 0.1) is 25.4 Å². The molecule has 0 fully saturated rings. The molecule has 0 aliphatic heterocycles. The second-order valence-corrected chi connectivity index (χ2v) is 7.57. The zero-order chi connectivity index (χ0) is 21.6. The molecule has 6 nitrogen and oxygen atoms in total. The maximum absolute atomic E-state index is 13.1. The smallest absolute Gasteiger partial charge is 0.334 e. The molecule has 0 aliphatic carbocycles. The van der Waals surface area contributed by atoms with E-state index in [1.807, 2.05) is 38.1 Å². The first kappa shape index (κ1) is 19.8. The lowest BCUT2D eigenvalue weighted by Crippen LogP contribution is -2.35. The molecule has 0 bridgehead atoms. The van der Waals surface area contributed by atoms with Crippen molar-refractivity contribution in [1.29, 1.82) is 0 Å². The average molecular weight is 403 g/mol. The van der Waals surface area contributed by atoms with Gasteiger partial charge >= 0.3 is 5.69 Å². The molecule has 2 aromatic heterocycles. The van der Waals surface area contributed by atoms with Crippen LogP contribution in [0.25, 0.3) is 16.3 Å². The van der Waals surface area contributed by atoms with E-state index in [0.717, 1.165) is 33.1 Å². The standard InChI is InChI=1S/C24H25N3O3/c1-14-9-15(2)23(16(3)10-14)25-22-13-19-18-12-21(30-6)20(29-5)11-17(18)7-8-27(19)24(28)26(22)4/h7-13H,1-6H3. The van der Waals surface area contributed by atoms with Gasteiger partial charge in [-0.1, -0.05) is 17.7 Å². The monoisotopic (exact) mass is 403 g/mol. The molecule has 154 valence electrons. The maximum Gasteiger partial charge on any atom is 0.334 e. The van der Waals surface area contributed by atoms with Crippen LogP contribution < -0.4 is 20.7 Å². The zero-order valence-electron chi connectivity index (χ0n) is 18.1. The van der Waals surface area contributed by atoms with Crippen molar-refractivity contribution in [2.45, 2.75) is 20.8 Å². The molecule has 0 unspecified atom stereocenters. The molecule has 30 heavy (non-hydrogen) atoms. The molecule has 4 aromatic rings. The van der Waals surface area contributed by atoms with Crippen LogP contribution in [0.1, 0.15) is 16.7 Å². The van der Waals surface area contributed by atoms with E-state index >= 15 is 0 Å². The van der Waals surface area contributed by atoms with Crippen LogP contribution in [0.5, 0.6) is 11.5 Å². The molecule has 2 aromatic carbocycles. The van der Waals surface area contributed by atoms with Gasteiger partial charge < -0.3 is 9.47 Å². The van der Waals surface area contributed by atoms with Crippen molar-refractivity contribution in [3.8, 4) is 11.5 Å². The van der Waals surface area contributed by atoms with E-state index in [2.05, 4.69) is 19.1 Å². The summed E-state index contributed by atoms with van der Waals surface area (Å²) >= 11 is 0. The molecule has 0 saturated heterocycles. The number of nitrogens with zero attached hydrogens (tertiary/aromatic N) is 3. The molecule has 0 amide bonds. The molecule has 0 spiro atoms. The molecule has 0 N–H and O–H groups in total. The number of methoxy groups -OCH3 is 2. The molecule has 0 radical (unpaired) electrons. The third-order valence-corrected chi connectivity index (χ3v) is 5.46. The molecule has 0 saturated carbocycles. The molecule has 2 heterocycles. The zero-order valence-corrected chi connectivity index (χ0v) is 18.1. The Balaban J connectivity index is 2.11. The number of aryl methyl sites for hydroxylation is 3. The van der Waals surface area contributed by atoms with Crippen molar-refractivity contribution in [2.75, 3.05) is 14.2 Å². The minimum Gasteiger partial charge on any atom is -0.493 e. The van der Waals surface area contributed by atoms with Gasteiger partial charge in [0, 0.05) is 24.7 Å². The van der Waals surface area contributed by atoms with E-state index in [1.165, 1.54) is 5.56 Å². The summed E-state index contributed by atoms with van der Waals surface area (Å²) < 4.78 is 14.1. The van der Waals surface area contributed by atoms with Crippen LogP contribution in [-0.4, -0.2) is 23.2 Å². The number of pyridine rings is 1. The first-order valence-electron chi connectivity index (χ1n) is 9.73. The molecule has 4 rings (SSSR count). The van der Waals surface area contributed by atoms with Crippen molar-refractivity contribution >= 4 is 22.0 Å². The fraction of sp³-hybridized carbons (Fsp3) is 0.250. The van der Waals surface area contributed by atoms with Crippen molar-refractivity contribution < 1.29 is 9.47 Å². The SMILES string of the molecule is COc1cc2ccn3c(=O)n(C)c(=Nc4c(C)cc(C)cc4C)cc3c2cc1OC. The Morgan fingerprint density at radius 1 is 0.900 bits per heavy atom. The highest BCUT2D eigenvalue weighted by molar-refractivity contribution is 5.97. The van der Waals surface area contributed by atoms with Gasteiger partial charge in [-0.05, 0) is 55.5 Å². The Hall–Kier alpha value is -3.54. The molecule has 0 aliphatic rings. The fourth-order valence-electron chi connectivity index (χ4n) is 3.98. The Labute approximate surface area is 174 Å². The van der Waals surface area contributed by atoms with Gasteiger partial charge in [-0.15, -0.1) is 0 Å². The Morgan fingerprint density at radius 2 is 1.53 bits per heavy atom. The van der Waals surface area contributed by atoms with E-state index in [0.29, 0.717) is 17.0 Å². The van der Waals surface area contributed by atoms with E-state index in [4.69, 9.17) is 14.5 Å². The number of fused-ring (bicyclic) bond motifs is 3. The average Bonchev–Trinajstić information content (AvgIpc) is 2.72. The number of hydrogen-bond acceptors (Lipinski definition) is 4. The third kappa shape index (κ3) is 3.14. The predicted molar refractivity (Wildman–Crippen MR) is 119 cm³/mol. The van der Waals surface area contributed by atoms with Crippen molar-refractivity contribution in [3.63, 3.8) is 0 Å². The summed E-state index contributed by atoms with van der Waals surface area (Å²) in [6.45, 7) is 6.15. The summed E-state index contributed by atoms with van der Waals surface area (Å²) in [4.78, 5) is 18.0. The summed E-state index contributed by atoms with van der Waals surface area (Å²) in [6, 6.07) is 11.9. The lowest BCUT2D eigenvalue weighted by atomic mass is 10.1. The van der Waals surface area contributed by atoms with Gasteiger partial charge in [0.25, 0.3) is 0 Å². The highest BCUT2D eigenvalue weighted by Gasteiger charge is 2.11. The normalized spacial score (nSPS) is 12.0. The van der Waals surface area contributed by atoms with Crippen molar-refractivity contribution in [1.82, 2.24) is 8.97 Å². The molecule has 6 heteroatoms. The first-order chi connectivity index (χ1) is 14.3. The Bertz CT molecular complexity index is 1410. The topological polar surface area (TPSA) is 57.2 Å². The number of hydrogen-bond donors (Lipinski definition) is 0. The number of ether oxygens (including phenoxy) is 2. The van der Waals surface area contributed by atoms with Crippen LogP contribution in [0.3, 0.4) is 0 Å². The Kier molecular flexibility index (Phi) is 4.86. The summed E-state index contributed by atoms with van der Waals surface area (Å²) in [5.74, 6) is 1.26. The van der Waals surface area contributed by atoms with Gasteiger partial charge in [-0.25, -0.2) is 9.79 Å². The fourth-order valence-corrected chi connectivity index (χ4v) is 3.98. The minimum atomic E-state index is -0.162. The van der Waals surface area contributed by atoms with E-state index in [-0.39, 0.29) is 5.69 Å². The largest absolute Gasteiger partial charge is 0.493 e.